The van der Waals surface area contributed by atoms with E-state index in [-0.39, 0.29) is 29.8 Å². The Morgan fingerprint density at radius 1 is 1.41 bits per heavy atom. The van der Waals surface area contributed by atoms with Crippen LogP contribution in [0.1, 0.15) is 20.3 Å². The van der Waals surface area contributed by atoms with Crippen molar-refractivity contribution in [2.24, 2.45) is 17.8 Å². The highest BCUT2D eigenvalue weighted by atomic mass is 16.5. The average Bonchev–Trinajstić information content (AvgIpc) is 2.61. The van der Waals surface area contributed by atoms with Gasteiger partial charge in [-0.05, 0) is 13.3 Å². The molecule has 0 saturated carbocycles. The molecule has 0 aromatic heterocycles. The zero-order valence-corrected chi connectivity index (χ0v) is 10.3. The van der Waals surface area contributed by atoms with Crippen LogP contribution in [0.5, 0.6) is 0 Å². The van der Waals surface area contributed by atoms with Crippen molar-refractivity contribution in [3.05, 3.63) is 0 Å². The summed E-state index contributed by atoms with van der Waals surface area (Å²) in [7, 11) is 0. The molecule has 17 heavy (non-hydrogen) atoms. The van der Waals surface area contributed by atoms with Crippen LogP contribution < -0.4 is 0 Å². The van der Waals surface area contributed by atoms with E-state index in [9.17, 15) is 9.59 Å². The Morgan fingerprint density at radius 3 is 2.53 bits per heavy atom. The van der Waals surface area contributed by atoms with E-state index in [4.69, 9.17) is 9.84 Å². The molecule has 0 aromatic carbocycles. The summed E-state index contributed by atoms with van der Waals surface area (Å²) in [6, 6.07) is 0. The average molecular weight is 241 g/mol. The smallest absolute Gasteiger partial charge is 0.306 e. The van der Waals surface area contributed by atoms with Crippen LogP contribution in [0.15, 0.2) is 0 Å². The van der Waals surface area contributed by atoms with Gasteiger partial charge in [-0.2, -0.15) is 0 Å². The van der Waals surface area contributed by atoms with Gasteiger partial charge in [0, 0.05) is 25.6 Å². The summed E-state index contributed by atoms with van der Waals surface area (Å²) in [5.74, 6) is -0.940. The third-order valence-electron chi connectivity index (χ3n) is 4.01. The zero-order chi connectivity index (χ0) is 12.6. The fourth-order valence-electron chi connectivity index (χ4n) is 2.50. The molecule has 2 fully saturated rings. The summed E-state index contributed by atoms with van der Waals surface area (Å²) in [4.78, 5) is 24.6. The Balaban J connectivity index is 1.83. The van der Waals surface area contributed by atoms with Crippen molar-refractivity contribution in [1.29, 1.82) is 0 Å². The summed E-state index contributed by atoms with van der Waals surface area (Å²) in [6.07, 6.45) is 0.786. The first-order valence-corrected chi connectivity index (χ1v) is 6.14. The van der Waals surface area contributed by atoms with Gasteiger partial charge in [0.05, 0.1) is 17.9 Å². The highest BCUT2D eigenvalue weighted by Gasteiger charge is 2.41. The zero-order valence-electron chi connectivity index (χ0n) is 10.3. The van der Waals surface area contributed by atoms with Gasteiger partial charge in [0.15, 0.2) is 0 Å². The van der Waals surface area contributed by atoms with E-state index in [0.717, 1.165) is 6.42 Å². The monoisotopic (exact) mass is 241 g/mol. The Kier molecular flexibility index (Phi) is 3.38. The molecule has 3 unspecified atom stereocenters. The minimum absolute atomic E-state index is 0.00144. The van der Waals surface area contributed by atoms with Crippen LogP contribution in [0.4, 0.5) is 0 Å². The number of rotatable bonds is 3. The van der Waals surface area contributed by atoms with Gasteiger partial charge >= 0.3 is 5.97 Å². The van der Waals surface area contributed by atoms with Gasteiger partial charge in [-0.1, -0.05) is 6.92 Å². The Bertz CT molecular complexity index is 324. The maximum atomic E-state index is 12.1. The molecule has 2 heterocycles. The van der Waals surface area contributed by atoms with Crippen molar-refractivity contribution in [1.82, 2.24) is 4.90 Å². The summed E-state index contributed by atoms with van der Waals surface area (Å²) >= 11 is 0. The van der Waals surface area contributed by atoms with E-state index >= 15 is 0 Å². The van der Waals surface area contributed by atoms with Crippen LogP contribution in [0.2, 0.25) is 0 Å². The number of hydrogen-bond donors (Lipinski definition) is 1. The number of carbonyl (C=O) groups is 2. The van der Waals surface area contributed by atoms with Crippen LogP contribution in [0, 0.1) is 17.8 Å². The van der Waals surface area contributed by atoms with E-state index in [1.54, 1.807) is 11.8 Å². The van der Waals surface area contributed by atoms with Crippen LogP contribution in [-0.4, -0.2) is 47.7 Å². The molecule has 2 aliphatic heterocycles. The number of nitrogens with zero attached hydrogens (tertiary/aromatic N) is 1. The van der Waals surface area contributed by atoms with Gasteiger partial charge in [0.1, 0.15) is 0 Å². The Hall–Kier alpha value is -1.10. The molecule has 0 bridgehead atoms. The predicted octanol–water partition coefficient (Wildman–Crippen LogP) is 0.591. The fourth-order valence-corrected chi connectivity index (χ4v) is 2.50. The topological polar surface area (TPSA) is 66.8 Å². The molecular formula is C12H19NO4. The van der Waals surface area contributed by atoms with Gasteiger partial charge < -0.3 is 14.7 Å². The van der Waals surface area contributed by atoms with Crippen molar-refractivity contribution in [3.8, 4) is 0 Å². The highest BCUT2D eigenvalue weighted by molar-refractivity contribution is 5.81. The Morgan fingerprint density at radius 2 is 2.06 bits per heavy atom. The molecule has 1 N–H and O–H groups in total. The normalized spacial score (nSPS) is 31.1. The second-order valence-electron chi connectivity index (χ2n) is 5.10. The lowest BCUT2D eigenvalue weighted by molar-refractivity contribution is -0.153. The lowest BCUT2D eigenvalue weighted by atomic mass is 9.85. The number of amides is 1. The van der Waals surface area contributed by atoms with Gasteiger partial charge in [-0.3, -0.25) is 9.59 Å². The van der Waals surface area contributed by atoms with Crippen LogP contribution >= 0.6 is 0 Å². The Labute approximate surface area is 101 Å². The lowest BCUT2D eigenvalue weighted by Crippen LogP contribution is -2.55. The van der Waals surface area contributed by atoms with Gasteiger partial charge in [0.2, 0.25) is 5.91 Å². The van der Waals surface area contributed by atoms with Crippen LogP contribution in [0.3, 0.4) is 0 Å². The quantitative estimate of drug-likeness (QED) is 0.785. The van der Waals surface area contributed by atoms with Crippen molar-refractivity contribution >= 4 is 11.9 Å². The van der Waals surface area contributed by atoms with E-state index in [1.807, 2.05) is 6.92 Å². The molecule has 0 spiro atoms. The van der Waals surface area contributed by atoms with E-state index in [1.165, 1.54) is 0 Å². The molecule has 5 heteroatoms. The third kappa shape index (κ3) is 2.29. The minimum Gasteiger partial charge on any atom is -0.481 e. The maximum absolute atomic E-state index is 12.1. The number of likely N-dealkylation sites (tertiary alicyclic amines) is 1. The van der Waals surface area contributed by atoms with Crippen LogP contribution in [0.25, 0.3) is 0 Å². The maximum Gasteiger partial charge on any atom is 0.306 e. The predicted molar refractivity (Wildman–Crippen MR) is 60.4 cm³/mol. The second kappa shape index (κ2) is 4.64. The molecule has 1 amide bonds. The summed E-state index contributed by atoms with van der Waals surface area (Å²) in [6.45, 7) is 5.44. The summed E-state index contributed by atoms with van der Waals surface area (Å²) in [5.41, 5.74) is 0. The van der Waals surface area contributed by atoms with Gasteiger partial charge in [0.25, 0.3) is 0 Å². The number of aliphatic carboxylic acids is 1. The molecule has 96 valence electrons. The fraction of sp³-hybridized carbons (Fsp3) is 0.833. The molecule has 0 aliphatic carbocycles. The summed E-state index contributed by atoms with van der Waals surface area (Å²) < 4.78 is 5.38. The SMILES string of the molecule is CC1OCCC1C(=O)N1CC(C(C)C(=O)O)C1. The van der Waals surface area contributed by atoms with Crippen molar-refractivity contribution in [3.63, 3.8) is 0 Å². The first-order chi connectivity index (χ1) is 8.00. The van der Waals surface area contributed by atoms with E-state index in [2.05, 4.69) is 0 Å². The molecule has 0 aromatic rings. The highest BCUT2D eigenvalue weighted by Crippen LogP contribution is 2.29. The van der Waals surface area contributed by atoms with E-state index in [0.29, 0.717) is 19.7 Å². The molecule has 2 saturated heterocycles. The lowest BCUT2D eigenvalue weighted by Gasteiger charge is -2.42. The standard InChI is InChI=1S/C12H19NO4/c1-7(12(15)16)9-5-13(6-9)11(14)10-3-4-17-8(10)2/h7-10H,3-6H2,1-2H3,(H,15,16). The van der Waals surface area contributed by atoms with Crippen LogP contribution in [-0.2, 0) is 14.3 Å². The van der Waals surface area contributed by atoms with Gasteiger partial charge in [-0.15, -0.1) is 0 Å². The molecule has 2 aliphatic rings. The largest absolute Gasteiger partial charge is 0.481 e. The van der Waals surface area contributed by atoms with E-state index < -0.39 is 5.97 Å². The number of ether oxygens (including phenoxy) is 1. The second-order valence-corrected chi connectivity index (χ2v) is 5.10. The molecule has 0 radical (unpaired) electrons. The van der Waals surface area contributed by atoms with Crippen molar-refractivity contribution < 1.29 is 19.4 Å². The molecule has 3 atom stereocenters. The first-order valence-electron chi connectivity index (χ1n) is 6.14. The van der Waals surface area contributed by atoms with Crippen molar-refractivity contribution in [2.45, 2.75) is 26.4 Å². The molecule has 5 nitrogen and oxygen atoms in total. The third-order valence-corrected chi connectivity index (χ3v) is 4.01. The molecule has 2 rings (SSSR count). The molecular weight excluding hydrogens is 222 g/mol. The number of carboxylic acids is 1. The first kappa shape index (κ1) is 12.4. The number of carboxylic acid groups (broad SMARTS) is 1. The van der Waals surface area contributed by atoms with Gasteiger partial charge in [-0.25, -0.2) is 0 Å². The number of hydrogen-bond acceptors (Lipinski definition) is 3. The van der Waals surface area contributed by atoms with Crippen molar-refractivity contribution in [2.75, 3.05) is 19.7 Å². The number of carbonyl (C=O) groups excluding carboxylic acids is 1. The minimum atomic E-state index is -0.778. The summed E-state index contributed by atoms with van der Waals surface area (Å²) in [5, 5.41) is 8.87.